The van der Waals surface area contributed by atoms with Crippen LogP contribution in [0.15, 0.2) is 84.1 Å². The van der Waals surface area contributed by atoms with Crippen LogP contribution in [0.1, 0.15) is 5.69 Å². The highest BCUT2D eigenvalue weighted by atomic mass is 32.2. The van der Waals surface area contributed by atoms with Gasteiger partial charge in [-0.2, -0.15) is 0 Å². The minimum Gasteiger partial charge on any atom is -0.383 e. The molecule has 11 heteroatoms. The number of anilines is 2. The summed E-state index contributed by atoms with van der Waals surface area (Å²) in [6, 6.07) is 18.8. The summed E-state index contributed by atoms with van der Waals surface area (Å²) >= 11 is 0. The van der Waals surface area contributed by atoms with Gasteiger partial charge in [0, 0.05) is 29.7 Å². The second-order valence-electron chi connectivity index (χ2n) is 7.50. The molecule has 34 heavy (non-hydrogen) atoms. The lowest BCUT2D eigenvalue weighted by atomic mass is 10.1. The van der Waals surface area contributed by atoms with E-state index < -0.39 is 10.0 Å². The largest absolute Gasteiger partial charge is 0.383 e. The van der Waals surface area contributed by atoms with Gasteiger partial charge in [-0.25, -0.2) is 28.0 Å². The minimum absolute atomic E-state index is 0.187. The van der Waals surface area contributed by atoms with E-state index in [0.29, 0.717) is 17.9 Å². The lowest BCUT2D eigenvalue weighted by molar-refractivity contribution is 0.598. The first-order chi connectivity index (χ1) is 16.4. The van der Waals surface area contributed by atoms with Gasteiger partial charge in [0.15, 0.2) is 11.6 Å². The number of pyridine rings is 2. The van der Waals surface area contributed by atoms with Crippen LogP contribution in [0.4, 0.5) is 11.6 Å². The van der Waals surface area contributed by atoms with Crippen LogP contribution in [-0.2, 0) is 16.6 Å². The zero-order valence-corrected chi connectivity index (χ0v) is 18.6. The van der Waals surface area contributed by atoms with Crippen LogP contribution in [0.3, 0.4) is 0 Å². The van der Waals surface area contributed by atoms with Crippen molar-refractivity contribution in [2.24, 2.45) is 5.14 Å². The molecule has 0 aliphatic rings. The van der Waals surface area contributed by atoms with E-state index in [1.807, 2.05) is 60.8 Å². The molecular weight excluding hydrogens is 452 g/mol. The van der Waals surface area contributed by atoms with E-state index >= 15 is 0 Å². The van der Waals surface area contributed by atoms with Gasteiger partial charge in [-0.1, -0.05) is 36.4 Å². The van der Waals surface area contributed by atoms with Crippen molar-refractivity contribution < 1.29 is 8.42 Å². The minimum atomic E-state index is -4.07. The van der Waals surface area contributed by atoms with E-state index in [2.05, 4.69) is 20.4 Å². The van der Waals surface area contributed by atoms with Gasteiger partial charge in [-0.3, -0.25) is 4.98 Å². The van der Waals surface area contributed by atoms with E-state index in [-0.39, 0.29) is 16.5 Å². The van der Waals surface area contributed by atoms with Crippen LogP contribution >= 0.6 is 0 Å². The Hall–Kier alpha value is -4.35. The molecule has 0 amide bonds. The maximum atomic E-state index is 11.9. The number of benzene rings is 1. The summed E-state index contributed by atoms with van der Waals surface area (Å²) in [6.45, 7) is 0.425. The molecule has 0 spiro atoms. The van der Waals surface area contributed by atoms with Crippen molar-refractivity contribution >= 4 is 27.2 Å². The standard InChI is InChI=1S/C23H20N8O2S/c24-21-19(34(25,32)33)12-16(13-27-21)22-29-23(28-14-17-8-4-5-10-26-17)20-18(9-11-31(20)30-22)15-6-2-1-3-7-15/h1-13H,14H2,(H2,24,27)(H2,25,32,33)(H,28,29,30). The van der Waals surface area contributed by atoms with E-state index in [4.69, 9.17) is 15.9 Å². The van der Waals surface area contributed by atoms with Gasteiger partial charge >= 0.3 is 0 Å². The second kappa shape index (κ2) is 8.54. The molecule has 0 aliphatic heterocycles. The average Bonchev–Trinajstić information content (AvgIpc) is 3.27. The molecule has 0 aliphatic carbocycles. The molecule has 5 aromatic rings. The molecule has 5 N–H and O–H groups in total. The molecule has 0 bridgehead atoms. The lowest BCUT2D eigenvalue weighted by Gasteiger charge is -2.12. The van der Waals surface area contributed by atoms with E-state index in [0.717, 1.165) is 22.3 Å². The van der Waals surface area contributed by atoms with Crippen molar-refractivity contribution in [3.63, 3.8) is 0 Å². The number of aromatic nitrogens is 5. The zero-order valence-electron chi connectivity index (χ0n) is 17.8. The highest BCUT2D eigenvalue weighted by Crippen LogP contribution is 2.31. The Labute approximate surface area is 195 Å². The first kappa shape index (κ1) is 21.5. The molecule has 4 aromatic heterocycles. The summed E-state index contributed by atoms with van der Waals surface area (Å²) in [5.41, 5.74) is 9.62. The van der Waals surface area contributed by atoms with Gasteiger partial charge < -0.3 is 11.1 Å². The van der Waals surface area contributed by atoms with Gasteiger partial charge in [0.05, 0.1) is 12.2 Å². The molecule has 0 saturated carbocycles. The van der Waals surface area contributed by atoms with Crippen LogP contribution in [0.5, 0.6) is 0 Å². The van der Waals surface area contributed by atoms with Crippen molar-refractivity contribution in [2.75, 3.05) is 11.1 Å². The number of fused-ring (bicyclic) bond motifs is 1. The van der Waals surface area contributed by atoms with E-state index in [9.17, 15) is 8.42 Å². The third kappa shape index (κ3) is 4.17. The van der Waals surface area contributed by atoms with Gasteiger partial charge in [-0.05, 0) is 29.8 Å². The number of nitrogens with one attached hydrogen (secondary N) is 1. The van der Waals surface area contributed by atoms with Crippen LogP contribution in [0.25, 0.3) is 28.0 Å². The van der Waals surface area contributed by atoms with Gasteiger partial charge in [0.25, 0.3) is 0 Å². The number of hydrogen-bond donors (Lipinski definition) is 3. The highest BCUT2D eigenvalue weighted by Gasteiger charge is 2.19. The molecule has 0 atom stereocenters. The molecule has 0 radical (unpaired) electrons. The molecule has 0 unspecified atom stereocenters. The summed E-state index contributed by atoms with van der Waals surface area (Å²) in [4.78, 5) is 12.8. The smallest absolute Gasteiger partial charge is 0.241 e. The number of sulfonamides is 1. The fourth-order valence-corrected chi connectivity index (χ4v) is 4.24. The molecule has 0 saturated heterocycles. The third-order valence-corrected chi connectivity index (χ3v) is 6.15. The van der Waals surface area contributed by atoms with E-state index in [1.165, 1.54) is 12.3 Å². The second-order valence-corrected chi connectivity index (χ2v) is 9.03. The van der Waals surface area contributed by atoms with Crippen LogP contribution in [-0.4, -0.2) is 33.0 Å². The van der Waals surface area contributed by atoms with Crippen molar-refractivity contribution in [1.29, 1.82) is 0 Å². The molecule has 10 nitrogen and oxygen atoms in total. The monoisotopic (exact) mass is 472 g/mol. The van der Waals surface area contributed by atoms with E-state index in [1.54, 1.807) is 10.7 Å². The topological polar surface area (TPSA) is 154 Å². The van der Waals surface area contributed by atoms with Crippen molar-refractivity contribution in [3.05, 3.63) is 84.9 Å². The Morgan fingerprint density at radius 2 is 1.76 bits per heavy atom. The van der Waals surface area contributed by atoms with Crippen LogP contribution in [0.2, 0.25) is 0 Å². The predicted molar refractivity (Wildman–Crippen MR) is 129 cm³/mol. The normalized spacial score (nSPS) is 11.6. The fourth-order valence-electron chi connectivity index (χ4n) is 3.60. The summed E-state index contributed by atoms with van der Waals surface area (Å²) in [5.74, 6) is 0.616. The zero-order chi connectivity index (χ0) is 23.7. The maximum absolute atomic E-state index is 11.9. The third-order valence-electron chi connectivity index (χ3n) is 5.21. The fraction of sp³-hybridized carbons (Fsp3) is 0.0435. The van der Waals surface area contributed by atoms with Gasteiger partial charge in [0.1, 0.15) is 16.2 Å². The van der Waals surface area contributed by atoms with Crippen molar-refractivity contribution in [1.82, 2.24) is 24.6 Å². The first-order valence-corrected chi connectivity index (χ1v) is 11.8. The molecule has 0 fully saturated rings. The first-order valence-electron chi connectivity index (χ1n) is 10.3. The van der Waals surface area contributed by atoms with Gasteiger partial charge in [-0.15, -0.1) is 5.10 Å². The summed E-state index contributed by atoms with van der Waals surface area (Å²) in [7, 11) is -4.07. The Morgan fingerprint density at radius 3 is 2.50 bits per heavy atom. The maximum Gasteiger partial charge on any atom is 0.241 e. The van der Waals surface area contributed by atoms with Crippen molar-refractivity contribution in [2.45, 2.75) is 11.4 Å². The number of nitrogens with zero attached hydrogens (tertiary/aromatic N) is 5. The quantitative estimate of drug-likeness (QED) is 0.341. The molecule has 5 rings (SSSR count). The molecule has 170 valence electrons. The highest BCUT2D eigenvalue weighted by molar-refractivity contribution is 7.89. The summed E-state index contributed by atoms with van der Waals surface area (Å²) < 4.78 is 25.6. The molecular formula is C23H20N8O2S. The predicted octanol–water partition coefficient (Wildman–Crippen LogP) is 2.69. The SMILES string of the molecule is Nc1ncc(-c2nc(NCc3ccccn3)c3c(-c4ccccc4)ccn3n2)cc1S(N)(=O)=O. The lowest BCUT2D eigenvalue weighted by Crippen LogP contribution is -2.15. The van der Waals surface area contributed by atoms with Crippen molar-refractivity contribution in [3.8, 4) is 22.5 Å². The van der Waals surface area contributed by atoms with Crippen LogP contribution in [0, 0.1) is 0 Å². The average molecular weight is 473 g/mol. The number of primary sulfonamides is 1. The number of nitrogens with two attached hydrogens (primary N) is 2. The Morgan fingerprint density at radius 1 is 0.971 bits per heavy atom. The molecule has 4 heterocycles. The van der Waals surface area contributed by atoms with Gasteiger partial charge in [0.2, 0.25) is 10.0 Å². The number of hydrogen-bond acceptors (Lipinski definition) is 8. The summed E-state index contributed by atoms with van der Waals surface area (Å²) in [5, 5.41) is 13.2. The Kier molecular flexibility index (Phi) is 5.40. The van der Waals surface area contributed by atoms with Crippen LogP contribution < -0.4 is 16.2 Å². The Balaban J connectivity index is 1.67. The summed E-state index contributed by atoms with van der Waals surface area (Å²) in [6.07, 6.45) is 4.95. The number of rotatable bonds is 6. The molecule has 1 aromatic carbocycles. The number of nitrogen functional groups attached to an aromatic ring is 1. The Bertz CT molecular complexity index is 1590.